The molecule has 0 N–H and O–H groups in total. The first-order valence-electron chi connectivity index (χ1n) is 7.02. The Labute approximate surface area is 113 Å². The highest BCUT2D eigenvalue weighted by Gasteiger charge is 2.31. The lowest BCUT2D eigenvalue weighted by Crippen LogP contribution is -2.40. The van der Waals surface area contributed by atoms with Gasteiger partial charge in [-0.05, 0) is 25.5 Å². The highest BCUT2D eigenvalue weighted by molar-refractivity contribution is 5.17. The van der Waals surface area contributed by atoms with Crippen LogP contribution in [0.5, 0.6) is 0 Å². The van der Waals surface area contributed by atoms with Crippen molar-refractivity contribution in [1.29, 1.82) is 0 Å². The van der Waals surface area contributed by atoms with Crippen LogP contribution in [0.15, 0.2) is 24.3 Å². The molecule has 19 heavy (non-hydrogen) atoms. The highest BCUT2D eigenvalue weighted by Crippen LogP contribution is 2.26. The molecule has 0 aromatic heterocycles. The molecule has 0 amide bonds. The lowest BCUT2D eigenvalue weighted by Gasteiger charge is -2.34. The average molecular weight is 265 g/mol. The first-order chi connectivity index (χ1) is 9.33. The van der Waals surface area contributed by atoms with E-state index in [0.717, 1.165) is 31.5 Å². The van der Waals surface area contributed by atoms with Gasteiger partial charge in [-0.25, -0.2) is 4.39 Å². The summed E-state index contributed by atoms with van der Waals surface area (Å²) in [7, 11) is 0. The van der Waals surface area contributed by atoms with Crippen LogP contribution in [0.25, 0.3) is 0 Å². The summed E-state index contributed by atoms with van der Waals surface area (Å²) in [6, 6.07) is 7.02. The normalized spacial score (nSPS) is 25.8. The van der Waals surface area contributed by atoms with E-state index in [9.17, 15) is 4.39 Å². The quantitative estimate of drug-likeness (QED) is 0.837. The predicted octanol–water partition coefficient (Wildman–Crippen LogP) is 2.41. The van der Waals surface area contributed by atoms with Gasteiger partial charge >= 0.3 is 0 Å². The molecule has 3 nitrogen and oxygen atoms in total. The summed E-state index contributed by atoms with van der Waals surface area (Å²) < 4.78 is 24.9. The van der Waals surface area contributed by atoms with Crippen molar-refractivity contribution in [3.63, 3.8) is 0 Å². The first-order valence-corrected chi connectivity index (χ1v) is 7.02. The van der Waals surface area contributed by atoms with E-state index in [2.05, 4.69) is 4.90 Å². The zero-order chi connectivity index (χ0) is 13.1. The second-order valence-electron chi connectivity index (χ2n) is 5.34. The molecule has 4 heteroatoms. The minimum absolute atomic E-state index is 0.0524. The summed E-state index contributed by atoms with van der Waals surface area (Å²) in [5.41, 5.74) is 0.774. The number of nitrogens with zero attached hydrogens (tertiary/aromatic N) is 1. The third kappa shape index (κ3) is 3.14. The Balaban J connectivity index is 1.60. The fourth-order valence-corrected chi connectivity index (χ4v) is 2.97. The van der Waals surface area contributed by atoms with Crippen LogP contribution in [0.3, 0.4) is 0 Å². The van der Waals surface area contributed by atoms with Crippen LogP contribution in [0.2, 0.25) is 0 Å². The zero-order valence-electron chi connectivity index (χ0n) is 11.1. The van der Waals surface area contributed by atoms with Crippen LogP contribution in [0.4, 0.5) is 4.39 Å². The molecule has 3 rings (SSSR count). The number of hydrogen-bond acceptors (Lipinski definition) is 3. The molecule has 2 heterocycles. The van der Waals surface area contributed by atoms with E-state index in [-0.39, 0.29) is 12.1 Å². The fraction of sp³-hybridized carbons (Fsp3) is 0.600. The van der Waals surface area contributed by atoms with Crippen LogP contribution in [-0.2, 0) is 16.0 Å². The Bertz CT molecular complexity index is 420. The molecule has 1 aromatic carbocycles. The summed E-state index contributed by atoms with van der Waals surface area (Å²) in [6.45, 7) is 4.04. The van der Waals surface area contributed by atoms with E-state index in [1.165, 1.54) is 6.07 Å². The van der Waals surface area contributed by atoms with Crippen molar-refractivity contribution < 1.29 is 13.9 Å². The van der Waals surface area contributed by atoms with Gasteiger partial charge in [-0.2, -0.15) is 0 Å². The molecule has 0 aliphatic carbocycles. The second kappa shape index (κ2) is 5.99. The molecule has 2 saturated heterocycles. The molecule has 2 aliphatic heterocycles. The maximum Gasteiger partial charge on any atom is 0.161 e. The SMILES string of the molecule is Fc1ccccc1CN1CCCC(C2OCCO2)C1. The summed E-state index contributed by atoms with van der Waals surface area (Å²) in [4.78, 5) is 2.30. The van der Waals surface area contributed by atoms with Crippen molar-refractivity contribution in [3.05, 3.63) is 35.6 Å². The van der Waals surface area contributed by atoms with E-state index in [4.69, 9.17) is 9.47 Å². The molecule has 1 aromatic rings. The number of likely N-dealkylation sites (tertiary alicyclic amines) is 1. The molecule has 2 aliphatic rings. The number of benzene rings is 1. The molecular formula is C15H20FNO2. The van der Waals surface area contributed by atoms with Crippen LogP contribution in [-0.4, -0.2) is 37.5 Å². The van der Waals surface area contributed by atoms with Crippen molar-refractivity contribution in [2.45, 2.75) is 25.7 Å². The third-order valence-corrected chi connectivity index (χ3v) is 3.93. The number of ether oxygens (including phenoxy) is 2. The Morgan fingerprint density at radius 3 is 2.79 bits per heavy atom. The lowest BCUT2D eigenvalue weighted by molar-refractivity contribution is -0.101. The van der Waals surface area contributed by atoms with Gasteiger partial charge in [0.2, 0.25) is 0 Å². The van der Waals surface area contributed by atoms with Crippen LogP contribution >= 0.6 is 0 Å². The van der Waals surface area contributed by atoms with Gasteiger partial charge in [0.25, 0.3) is 0 Å². The Morgan fingerprint density at radius 2 is 2.00 bits per heavy atom. The van der Waals surface area contributed by atoms with Gasteiger partial charge in [0.15, 0.2) is 6.29 Å². The van der Waals surface area contributed by atoms with E-state index >= 15 is 0 Å². The summed E-state index contributed by atoms with van der Waals surface area (Å²) in [6.07, 6.45) is 2.21. The van der Waals surface area contributed by atoms with E-state index < -0.39 is 0 Å². The predicted molar refractivity (Wildman–Crippen MR) is 70.1 cm³/mol. The Morgan fingerprint density at radius 1 is 1.21 bits per heavy atom. The third-order valence-electron chi connectivity index (χ3n) is 3.93. The second-order valence-corrected chi connectivity index (χ2v) is 5.34. The molecule has 0 spiro atoms. The van der Waals surface area contributed by atoms with Gasteiger partial charge in [-0.1, -0.05) is 18.2 Å². The van der Waals surface area contributed by atoms with Crippen molar-refractivity contribution in [2.75, 3.05) is 26.3 Å². The molecular weight excluding hydrogens is 245 g/mol. The average Bonchev–Trinajstić information content (AvgIpc) is 2.96. The maximum atomic E-state index is 13.7. The van der Waals surface area contributed by atoms with E-state index in [1.807, 2.05) is 12.1 Å². The number of halogens is 1. The minimum atomic E-state index is -0.113. The highest BCUT2D eigenvalue weighted by atomic mass is 19.1. The van der Waals surface area contributed by atoms with Crippen molar-refractivity contribution in [1.82, 2.24) is 4.90 Å². The molecule has 1 unspecified atom stereocenters. The summed E-state index contributed by atoms with van der Waals surface area (Å²) >= 11 is 0. The van der Waals surface area contributed by atoms with Gasteiger partial charge in [0.1, 0.15) is 5.82 Å². The number of hydrogen-bond donors (Lipinski definition) is 0. The molecule has 0 bridgehead atoms. The largest absolute Gasteiger partial charge is 0.350 e. The van der Waals surface area contributed by atoms with Crippen molar-refractivity contribution >= 4 is 0 Å². The van der Waals surface area contributed by atoms with Crippen molar-refractivity contribution in [2.24, 2.45) is 5.92 Å². The van der Waals surface area contributed by atoms with Crippen LogP contribution in [0.1, 0.15) is 18.4 Å². The fourth-order valence-electron chi connectivity index (χ4n) is 2.97. The van der Waals surface area contributed by atoms with Gasteiger partial charge < -0.3 is 9.47 Å². The van der Waals surface area contributed by atoms with Gasteiger partial charge in [0.05, 0.1) is 13.2 Å². The molecule has 0 radical (unpaired) electrons. The summed E-state index contributed by atoms with van der Waals surface area (Å²) in [5.74, 6) is 0.306. The van der Waals surface area contributed by atoms with Crippen molar-refractivity contribution in [3.8, 4) is 0 Å². The number of rotatable bonds is 3. The van der Waals surface area contributed by atoms with E-state index in [1.54, 1.807) is 6.07 Å². The van der Waals surface area contributed by atoms with Gasteiger partial charge in [-0.3, -0.25) is 4.90 Å². The smallest absolute Gasteiger partial charge is 0.161 e. The zero-order valence-corrected chi connectivity index (χ0v) is 11.1. The topological polar surface area (TPSA) is 21.7 Å². The lowest BCUT2D eigenvalue weighted by atomic mass is 9.97. The molecule has 2 fully saturated rings. The molecule has 104 valence electrons. The van der Waals surface area contributed by atoms with Gasteiger partial charge in [0, 0.05) is 24.6 Å². The van der Waals surface area contributed by atoms with Crippen LogP contribution < -0.4 is 0 Å². The maximum absolute atomic E-state index is 13.7. The Hall–Kier alpha value is -0.970. The number of piperidine rings is 1. The monoisotopic (exact) mass is 265 g/mol. The molecule has 1 atom stereocenters. The Kier molecular flexibility index (Phi) is 4.11. The molecule has 0 saturated carbocycles. The van der Waals surface area contributed by atoms with E-state index in [0.29, 0.717) is 25.7 Å². The van der Waals surface area contributed by atoms with Gasteiger partial charge in [-0.15, -0.1) is 0 Å². The first kappa shape index (κ1) is 13.0. The summed E-state index contributed by atoms with van der Waals surface area (Å²) in [5, 5.41) is 0. The standard InChI is InChI=1S/C15H20FNO2/c16-14-6-2-1-4-12(14)10-17-7-3-5-13(11-17)15-18-8-9-19-15/h1-2,4,6,13,15H,3,5,7-11H2. The van der Waals surface area contributed by atoms with Crippen LogP contribution in [0, 0.1) is 11.7 Å². The minimum Gasteiger partial charge on any atom is -0.350 e.